The van der Waals surface area contributed by atoms with Crippen LogP contribution in [0.4, 0.5) is 0 Å². The number of hydrogen-bond acceptors (Lipinski definition) is 5. The van der Waals surface area contributed by atoms with Crippen molar-refractivity contribution in [1.29, 1.82) is 0 Å². The minimum Gasteiger partial charge on any atom is -0.497 e. The largest absolute Gasteiger partial charge is 0.497 e. The normalized spacial score (nSPS) is 12.0. The van der Waals surface area contributed by atoms with Crippen LogP contribution >= 0.6 is 0 Å². The molecular formula is C17H21NO4. The number of nitrogens with two attached hydrogens (primary N) is 1. The molecule has 0 spiro atoms. The van der Waals surface area contributed by atoms with Gasteiger partial charge in [-0.25, -0.2) is 0 Å². The molecule has 0 radical (unpaired) electrons. The van der Waals surface area contributed by atoms with Gasteiger partial charge < -0.3 is 19.9 Å². The third-order valence-corrected chi connectivity index (χ3v) is 3.52. The highest BCUT2D eigenvalue weighted by Gasteiger charge is 2.17. The number of methoxy groups -OCH3 is 2. The maximum absolute atomic E-state index is 11.7. The van der Waals surface area contributed by atoms with E-state index in [0.717, 1.165) is 27.8 Å². The van der Waals surface area contributed by atoms with Crippen LogP contribution in [0, 0.1) is 0 Å². The molecule has 1 unspecified atom stereocenters. The standard InChI is InChI=1S/C17H21NO4/c1-4-22-17(19)15(18)9-11-5-8-16(21-3)13-7-6-12(20-2)10-14(11)13/h5-8,10,15H,4,9,18H2,1-3H3. The molecule has 2 aromatic carbocycles. The van der Waals surface area contributed by atoms with Crippen molar-refractivity contribution in [2.45, 2.75) is 19.4 Å². The highest BCUT2D eigenvalue weighted by molar-refractivity contribution is 5.92. The number of benzene rings is 2. The van der Waals surface area contributed by atoms with Crippen molar-refractivity contribution in [3.8, 4) is 11.5 Å². The first kappa shape index (κ1) is 16.1. The molecule has 0 saturated heterocycles. The van der Waals surface area contributed by atoms with Crippen LogP contribution in [0.3, 0.4) is 0 Å². The van der Waals surface area contributed by atoms with Crippen molar-refractivity contribution in [3.05, 3.63) is 35.9 Å². The lowest BCUT2D eigenvalue weighted by Crippen LogP contribution is -2.34. The van der Waals surface area contributed by atoms with E-state index in [0.29, 0.717) is 13.0 Å². The SMILES string of the molecule is CCOC(=O)C(N)Cc1ccc(OC)c2ccc(OC)cc12. The molecule has 0 bridgehead atoms. The second-order valence-electron chi connectivity index (χ2n) is 4.90. The van der Waals surface area contributed by atoms with Gasteiger partial charge in [-0.05, 0) is 48.6 Å². The number of carbonyl (C=O) groups excluding carboxylic acids is 1. The fourth-order valence-corrected chi connectivity index (χ4v) is 2.41. The van der Waals surface area contributed by atoms with E-state index >= 15 is 0 Å². The van der Waals surface area contributed by atoms with Gasteiger partial charge in [-0.1, -0.05) is 6.07 Å². The van der Waals surface area contributed by atoms with Crippen LogP contribution in [0.15, 0.2) is 30.3 Å². The average molecular weight is 303 g/mol. The minimum absolute atomic E-state index is 0.323. The van der Waals surface area contributed by atoms with Crippen LogP contribution in [-0.4, -0.2) is 32.8 Å². The lowest BCUT2D eigenvalue weighted by molar-refractivity contribution is -0.144. The number of rotatable bonds is 6. The Morgan fingerprint density at radius 2 is 1.91 bits per heavy atom. The van der Waals surface area contributed by atoms with Crippen molar-refractivity contribution in [2.75, 3.05) is 20.8 Å². The van der Waals surface area contributed by atoms with E-state index < -0.39 is 12.0 Å². The molecule has 0 heterocycles. The zero-order valence-electron chi connectivity index (χ0n) is 13.1. The third-order valence-electron chi connectivity index (χ3n) is 3.52. The summed E-state index contributed by atoms with van der Waals surface area (Å²) >= 11 is 0. The highest BCUT2D eigenvalue weighted by atomic mass is 16.5. The summed E-state index contributed by atoms with van der Waals surface area (Å²) < 4.78 is 15.6. The van der Waals surface area contributed by atoms with E-state index in [9.17, 15) is 4.79 Å². The van der Waals surface area contributed by atoms with Crippen LogP contribution in [0.1, 0.15) is 12.5 Å². The molecule has 5 heteroatoms. The maximum Gasteiger partial charge on any atom is 0.323 e. The highest BCUT2D eigenvalue weighted by Crippen LogP contribution is 2.32. The molecule has 0 aliphatic carbocycles. The number of hydrogen-bond donors (Lipinski definition) is 1. The average Bonchev–Trinajstić information content (AvgIpc) is 2.54. The summed E-state index contributed by atoms with van der Waals surface area (Å²) in [6.45, 7) is 2.09. The lowest BCUT2D eigenvalue weighted by atomic mass is 9.98. The molecule has 0 saturated carbocycles. The van der Waals surface area contributed by atoms with E-state index in [-0.39, 0.29) is 0 Å². The molecular weight excluding hydrogens is 282 g/mol. The summed E-state index contributed by atoms with van der Waals surface area (Å²) in [5, 5.41) is 1.91. The van der Waals surface area contributed by atoms with Crippen molar-refractivity contribution in [1.82, 2.24) is 0 Å². The Morgan fingerprint density at radius 1 is 1.14 bits per heavy atom. The van der Waals surface area contributed by atoms with Crippen molar-refractivity contribution in [3.63, 3.8) is 0 Å². The first-order valence-corrected chi connectivity index (χ1v) is 7.16. The molecule has 1 atom stereocenters. The first-order valence-electron chi connectivity index (χ1n) is 7.16. The Bertz CT molecular complexity index is 669. The van der Waals surface area contributed by atoms with Gasteiger partial charge in [0.15, 0.2) is 0 Å². The van der Waals surface area contributed by atoms with Crippen LogP contribution in [0.25, 0.3) is 10.8 Å². The number of carbonyl (C=O) groups is 1. The fourth-order valence-electron chi connectivity index (χ4n) is 2.41. The Hall–Kier alpha value is -2.27. The summed E-state index contributed by atoms with van der Waals surface area (Å²) in [7, 11) is 3.24. The van der Waals surface area contributed by atoms with Gasteiger partial charge in [-0.3, -0.25) is 4.79 Å². The lowest BCUT2D eigenvalue weighted by Gasteiger charge is -2.15. The van der Waals surface area contributed by atoms with Gasteiger partial charge >= 0.3 is 5.97 Å². The van der Waals surface area contributed by atoms with E-state index in [1.807, 2.05) is 30.3 Å². The molecule has 0 fully saturated rings. The van der Waals surface area contributed by atoms with E-state index in [1.165, 1.54) is 0 Å². The second-order valence-corrected chi connectivity index (χ2v) is 4.90. The van der Waals surface area contributed by atoms with Crippen molar-refractivity contribution in [2.24, 2.45) is 5.73 Å². The van der Waals surface area contributed by atoms with Gasteiger partial charge in [0, 0.05) is 5.39 Å². The van der Waals surface area contributed by atoms with Crippen molar-refractivity contribution >= 4 is 16.7 Å². The van der Waals surface area contributed by atoms with E-state index in [2.05, 4.69) is 0 Å². The molecule has 0 aliphatic rings. The van der Waals surface area contributed by atoms with Crippen molar-refractivity contribution < 1.29 is 19.0 Å². The minimum atomic E-state index is -0.692. The van der Waals surface area contributed by atoms with Gasteiger partial charge in [-0.2, -0.15) is 0 Å². The van der Waals surface area contributed by atoms with Crippen LogP contribution < -0.4 is 15.2 Å². The number of ether oxygens (including phenoxy) is 3. The zero-order chi connectivity index (χ0) is 16.1. The molecule has 118 valence electrons. The summed E-state index contributed by atoms with van der Waals surface area (Å²) in [5.41, 5.74) is 6.88. The molecule has 2 N–H and O–H groups in total. The summed E-state index contributed by atoms with van der Waals surface area (Å²) in [6, 6.07) is 8.83. The zero-order valence-corrected chi connectivity index (χ0v) is 13.1. The number of fused-ring (bicyclic) bond motifs is 1. The van der Waals surface area contributed by atoms with E-state index in [4.69, 9.17) is 19.9 Å². The topological polar surface area (TPSA) is 70.8 Å². The predicted molar refractivity (Wildman–Crippen MR) is 85.4 cm³/mol. The van der Waals surface area contributed by atoms with Gasteiger partial charge in [0.05, 0.1) is 20.8 Å². The second kappa shape index (κ2) is 7.13. The van der Waals surface area contributed by atoms with Crippen LogP contribution in [-0.2, 0) is 16.0 Å². The number of esters is 1. The molecule has 2 aromatic rings. The Balaban J connectivity index is 2.42. The summed E-state index contributed by atoms with van der Waals surface area (Å²) in [5.74, 6) is 1.12. The fraction of sp³-hybridized carbons (Fsp3) is 0.353. The third kappa shape index (κ3) is 3.31. The molecule has 0 aromatic heterocycles. The summed E-state index contributed by atoms with van der Waals surface area (Å²) in [6.07, 6.45) is 0.395. The van der Waals surface area contributed by atoms with Crippen LogP contribution in [0.5, 0.6) is 11.5 Å². The maximum atomic E-state index is 11.7. The van der Waals surface area contributed by atoms with E-state index in [1.54, 1.807) is 21.1 Å². The molecule has 22 heavy (non-hydrogen) atoms. The monoisotopic (exact) mass is 303 g/mol. The molecule has 0 amide bonds. The quantitative estimate of drug-likeness (QED) is 0.829. The van der Waals surface area contributed by atoms with Gasteiger partial charge in [0.25, 0.3) is 0 Å². The molecule has 5 nitrogen and oxygen atoms in total. The Morgan fingerprint density at radius 3 is 2.55 bits per heavy atom. The van der Waals surface area contributed by atoms with Gasteiger partial charge in [0.1, 0.15) is 17.5 Å². The Kier molecular flexibility index (Phi) is 5.22. The smallest absolute Gasteiger partial charge is 0.323 e. The predicted octanol–water partition coefficient (Wildman–Crippen LogP) is 2.29. The molecule has 0 aliphatic heterocycles. The summed E-state index contributed by atoms with van der Waals surface area (Å²) in [4.78, 5) is 11.7. The van der Waals surface area contributed by atoms with Crippen LogP contribution in [0.2, 0.25) is 0 Å². The first-order chi connectivity index (χ1) is 10.6. The van der Waals surface area contributed by atoms with Gasteiger partial charge in [0.2, 0.25) is 0 Å². The van der Waals surface area contributed by atoms with Gasteiger partial charge in [-0.15, -0.1) is 0 Å². The Labute approximate surface area is 130 Å². The molecule has 2 rings (SSSR count).